The number of thiophene rings is 1. The van der Waals surface area contributed by atoms with E-state index in [0.717, 1.165) is 36.8 Å². The predicted molar refractivity (Wildman–Crippen MR) is 84.3 cm³/mol. The lowest BCUT2D eigenvalue weighted by molar-refractivity contribution is 0.0214. The highest BCUT2D eigenvalue weighted by Gasteiger charge is 2.24. The second-order valence-electron chi connectivity index (χ2n) is 5.29. The van der Waals surface area contributed by atoms with Gasteiger partial charge in [-0.25, -0.2) is 4.79 Å². The van der Waals surface area contributed by atoms with Gasteiger partial charge in [-0.1, -0.05) is 6.42 Å². The number of esters is 1. The van der Waals surface area contributed by atoms with E-state index in [1.165, 1.54) is 17.8 Å². The minimum atomic E-state index is -0.299. The lowest BCUT2D eigenvalue weighted by Crippen LogP contribution is -2.21. The zero-order valence-electron chi connectivity index (χ0n) is 11.7. The van der Waals surface area contributed by atoms with E-state index in [0.29, 0.717) is 10.6 Å². The van der Waals surface area contributed by atoms with Gasteiger partial charge in [0.15, 0.2) is 0 Å². The summed E-state index contributed by atoms with van der Waals surface area (Å²) in [5, 5.41) is 2.42. The zero-order chi connectivity index (χ0) is 14.7. The molecule has 2 N–H and O–H groups in total. The summed E-state index contributed by atoms with van der Waals surface area (Å²) in [7, 11) is 0. The molecule has 0 spiro atoms. The molecule has 0 amide bonds. The molecular weight excluding hydrogens is 284 g/mol. The molecule has 2 aromatic rings. The molecule has 2 aromatic heterocycles. The number of anilines is 1. The third kappa shape index (κ3) is 3.08. The van der Waals surface area contributed by atoms with Gasteiger partial charge in [-0.05, 0) is 43.4 Å². The van der Waals surface area contributed by atoms with E-state index in [4.69, 9.17) is 10.5 Å². The number of nitrogens with zero attached hydrogens (tertiary/aromatic N) is 1. The van der Waals surface area contributed by atoms with Gasteiger partial charge in [0.25, 0.3) is 0 Å². The first-order chi connectivity index (χ1) is 10.3. The molecule has 1 fully saturated rings. The van der Waals surface area contributed by atoms with Gasteiger partial charge in [0, 0.05) is 23.3 Å². The Hall–Kier alpha value is -1.88. The quantitative estimate of drug-likeness (QED) is 0.874. The number of pyridine rings is 1. The highest BCUT2D eigenvalue weighted by molar-refractivity contribution is 7.14. The summed E-state index contributed by atoms with van der Waals surface area (Å²) in [6.45, 7) is 0. The van der Waals surface area contributed by atoms with Crippen molar-refractivity contribution in [1.82, 2.24) is 4.98 Å². The van der Waals surface area contributed by atoms with Crippen molar-refractivity contribution in [3.63, 3.8) is 0 Å². The van der Waals surface area contributed by atoms with Crippen LogP contribution in [0.1, 0.15) is 42.5 Å². The molecule has 0 radical (unpaired) electrons. The van der Waals surface area contributed by atoms with Crippen molar-refractivity contribution < 1.29 is 9.53 Å². The Balaban J connectivity index is 1.84. The summed E-state index contributed by atoms with van der Waals surface area (Å²) in [6, 6.07) is 3.75. The van der Waals surface area contributed by atoms with Crippen LogP contribution in [0.5, 0.6) is 0 Å². The van der Waals surface area contributed by atoms with E-state index in [-0.39, 0.29) is 12.1 Å². The Kier molecular flexibility index (Phi) is 4.20. The molecule has 4 nitrogen and oxygen atoms in total. The second-order valence-corrected chi connectivity index (χ2v) is 6.20. The normalized spacial score (nSPS) is 15.8. The fraction of sp³-hybridized carbons (Fsp3) is 0.375. The number of carbonyl (C=O) groups excluding carboxylic acids is 1. The Morgan fingerprint density at radius 2 is 1.95 bits per heavy atom. The van der Waals surface area contributed by atoms with Crippen LogP contribution in [0.4, 0.5) is 5.00 Å². The molecule has 5 heteroatoms. The van der Waals surface area contributed by atoms with Gasteiger partial charge >= 0.3 is 5.97 Å². The SMILES string of the molecule is Nc1scc(-c2ccncc2)c1C(=O)OC1CCCCC1. The van der Waals surface area contributed by atoms with Crippen molar-refractivity contribution in [2.75, 3.05) is 5.73 Å². The molecule has 2 heterocycles. The fourth-order valence-corrected chi connectivity index (χ4v) is 3.53. The Morgan fingerprint density at radius 1 is 1.24 bits per heavy atom. The maximum atomic E-state index is 12.5. The van der Waals surface area contributed by atoms with Crippen molar-refractivity contribution >= 4 is 22.3 Å². The molecule has 0 bridgehead atoms. The first-order valence-electron chi connectivity index (χ1n) is 7.24. The van der Waals surface area contributed by atoms with Crippen LogP contribution >= 0.6 is 11.3 Å². The number of aromatic nitrogens is 1. The van der Waals surface area contributed by atoms with Gasteiger partial charge in [-0.3, -0.25) is 4.98 Å². The molecular formula is C16H18N2O2S. The van der Waals surface area contributed by atoms with E-state index >= 15 is 0 Å². The summed E-state index contributed by atoms with van der Waals surface area (Å²) in [5.41, 5.74) is 8.26. The third-order valence-electron chi connectivity index (χ3n) is 3.84. The van der Waals surface area contributed by atoms with Gasteiger partial charge in [-0.15, -0.1) is 11.3 Å². The maximum absolute atomic E-state index is 12.5. The van der Waals surface area contributed by atoms with Crippen LogP contribution in [0.15, 0.2) is 29.9 Å². The number of hydrogen-bond acceptors (Lipinski definition) is 5. The average Bonchev–Trinajstić information content (AvgIpc) is 2.91. The Morgan fingerprint density at radius 3 is 2.67 bits per heavy atom. The molecule has 110 valence electrons. The third-order valence-corrected chi connectivity index (χ3v) is 4.65. The van der Waals surface area contributed by atoms with Crippen molar-refractivity contribution in [2.24, 2.45) is 0 Å². The van der Waals surface area contributed by atoms with Gasteiger partial charge in [0.1, 0.15) is 16.7 Å². The van der Waals surface area contributed by atoms with Crippen LogP contribution in [0.25, 0.3) is 11.1 Å². The number of nitrogen functional groups attached to an aromatic ring is 1. The number of nitrogens with two attached hydrogens (primary N) is 1. The zero-order valence-corrected chi connectivity index (χ0v) is 12.6. The molecule has 21 heavy (non-hydrogen) atoms. The number of hydrogen-bond donors (Lipinski definition) is 1. The molecule has 0 unspecified atom stereocenters. The van der Waals surface area contributed by atoms with Crippen LogP contribution in [0.2, 0.25) is 0 Å². The van der Waals surface area contributed by atoms with Gasteiger partial charge in [-0.2, -0.15) is 0 Å². The second kappa shape index (κ2) is 6.26. The summed E-state index contributed by atoms with van der Waals surface area (Å²) in [6.07, 6.45) is 8.87. The molecule has 1 saturated carbocycles. The summed E-state index contributed by atoms with van der Waals surface area (Å²) in [4.78, 5) is 16.5. The van der Waals surface area contributed by atoms with Gasteiger partial charge in [0.2, 0.25) is 0 Å². The van der Waals surface area contributed by atoms with Crippen molar-refractivity contribution in [2.45, 2.75) is 38.2 Å². The number of ether oxygens (including phenoxy) is 1. The van der Waals surface area contributed by atoms with E-state index in [2.05, 4.69) is 4.98 Å². The van der Waals surface area contributed by atoms with Gasteiger partial charge in [0.05, 0.1) is 0 Å². The van der Waals surface area contributed by atoms with E-state index in [1.807, 2.05) is 17.5 Å². The highest BCUT2D eigenvalue weighted by Crippen LogP contribution is 2.34. The smallest absolute Gasteiger partial charge is 0.342 e. The molecule has 1 aliphatic rings. The summed E-state index contributed by atoms with van der Waals surface area (Å²) >= 11 is 1.37. The fourth-order valence-electron chi connectivity index (χ4n) is 2.72. The first kappa shape index (κ1) is 14.1. The lowest BCUT2D eigenvalue weighted by Gasteiger charge is -2.22. The topological polar surface area (TPSA) is 65.2 Å². The van der Waals surface area contributed by atoms with Crippen LogP contribution in [0.3, 0.4) is 0 Å². The van der Waals surface area contributed by atoms with E-state index in [1.54, 1.807) is 12.4 Å². The Labute approximate surface area is 128 Å². The Bertz CT molecular complexity index is 618. The predicted octanol–water partition coefficient (Wildman–Crippen LogP) is 3.88. The molecule has 3 rings (SSSR count). The van der Waals surface area contributed by atoms with Crippen LogP contribution in [0, 0.1) is 0 Å². The van der Waals surface area contributed by atoms with Crippen molar-refractivity contribution in [3.05, 3.63) is 35.5 Å². The van der Waals surface area contributed by atoms with Crippen LogP contribution < -0.4 is 5.73 Å². The van der Waals surface area contributed by atoms with Crippen molar-refractivity contribution in [1.29, 1.82) is 0 Å². The standard InChI is InChI=1S/C16H18N2O2S/c17-15-14(16(19)20-12-4-2-1-3-5-12)13(10-21-15)11-6-8-18-9-7-11/h6-10,12H,1-5,17H2. The van der Waals surface area contributed by atoms with Crippen molar-refractivity contribution in [3.8, 4) is 11.1 Å². The molecule has 0 atom stereocenters. The number of rotatable bonds is 3. The number of carbonyl (C=O) groups is 1. The largest absolute Gasteiger partial charge is 0.459 e. The van der Waals surface area contributed by atoms with Crippen LogP contribution in [-0.4, -0.2) is 17.1 Å². The van der Waals surface area contributed by atoms with Crippen LogP contribution in [-0.2, 0) is 4.74 Å². The molecule has 0 aliphatic heterocycles. The van der Waals surface area contributed by atoms with E-state index < -0.39 is 0 Å². The maximum Gasteiger partial charge on any atom is 0.342 e. The molecule has 1 aliphatic carbocycles. The van der Waals surface area contributed by atoms with Gasteiger partial charge < -0.3 is 10.5 Å². The first-order valence-corrected chi connectivity index (χ1v) is 8.12. The summed E-state index contributed by atoms with van der Waals surface area (Å²) in [5.74, 6) is -0.299. The highest BCUT2D eigenvalue weighted by atomic mass is 32.1. The minimum absolute atomic E-state index is 0.0378. The molecule has 0 saturated heterocycles. The average molecular weight is 302 g/mol. The molecule has 0 aromatic carbocycles. The lowest BCUT2D eigenvalue weighted by atomic mass is 9.97. The monoisotopic (exact) mass is 302 g/mol. The minimum Gasteiger partial charge on any atom is -0.459 e. The summed E-state index contributed by atoms with van der Waals surface area (Å²) < 4.78 is 5.65. The van der Waals surface area contributed by atoms with E-state index in [9.17, 15) is 4.79 Å².